The first kappa shape index (κ1) is 20.7. The second-order valence-corrected chi connectivity index (χ2v) is 6.46. The number of pyridine rings is 2. The molecule has 1 atom stereocenters. The van der Waals surface area contributed by atoms with Crippen LogP contribution in [0.4, 0.5) is 10.5 Å². The maximum absolute atomic E-state index is 12.4. The van der Waals surface area contributed by atoms with E-state index in [1.165, 1.54) is 12.4 Å². The molecule has 30 heavy (non-hydrogen) atoms. The predicted octanol–water partition coefficient (Wildman–Crippen LogP) is 2.45. The van der Waals surface area contributed by atoms with E-state index in [0.29, 0.717) is 23.4 Å². The number of hydrogen-bond donors (Lipinski definition) is 4. The molecule has 0 saturated heterocycles. The lowest BCUT2D eigenvalue weighted by Crippen LogP contribution is -2.33. The van der Waals surface area contributed by atoms with Crippen LogP contribution in [0.5, 0.6) is 0 Å². The summed E-state index contributed by atoms with van der Waals surface area (Å²) in [4.78, 5) is 43.7. The minimum absolute atomic E-state index is 0.393. The average molecular weight is 407 g/mol. The van der Waals surface area contributed by atoms with E-state index in [4.69, 9.17) is 5.11 Å². The van der Waals surface area contributed by atoms with Crippen LogP contribution >= 0.6 is 0 Å². The zero-order valence-corrected chi connectivity index (χ0v) is 16.3. The van der Waals surface area contributed by atoms with E-state index in [1.54, 1.807) is 25.4 Å². The number of fused-ring (bicyclic) bond motifs is 1. The Kier molecular flexibility index (Phi) is 6.53. The van der Waals surface area contributed by atoms with Crippen molar-refractivity contribution in [1.82, 2.24) is 20.6 Å². The number of aromatic nitrogens is 2. The maximum atomic E-state index is 12.4. The summed E-state index contributed by atoms with van der Waals surface area (Å²) in [6.07, 6.45) is 5.68. The van der Waals surface area contributed by atoms with Crippen molar-refractivity contribution in [3.05, 3.63) is 66.2 Å². The maximum Gasteiger partial charge on any atom is 0.319 e. The van der Waals surface area contributed by atoms with E-state index in [0.717, 1.165) is 10.8 Å². The second kappa shape index (κ2) is 9.46. The summed E-state index contributed by atoms with van der Waals surface area (Å²) in [6, 6.07) is 7.94. The number of amides is 3. The second-order valence-electron chi connectivity index (χ2n) is 6.46. The van der Waals surface area contributed by atoms with Gasteiger partial charge in [0, 0.05) is 36.1 Å². The molecule has 3 rings (SSSR count). The van der Waals surface area contributed by atoms with Gasteiger partial charge in [-0.15, -0.1) is 0 Å². The van der Waals surface area contributed by atoms with Gasteiger partial charge in [-0.25, -0.2) is 4.79 Å². The smallest absolute Gasteiger partial charge is 0.319 e. The highest BCUT2D eigenvalue weighted by Gasteiger charge is 2.23. The third-order valence-corrected chi connectivity index (χ3v) is 4.40. The third-order valence-electron chi connectivity index (χ3n) is 4.40. The highest BCUT2D eigenvalue weighted by atomic mass is 16.4. The first-order valence-electron chi connectivity index (χ1n) is 9.32. The minimum atomic E-state index is -1.23. The Bertz CT molecular complexity index is 1080. The fraction of sp³-hybridized carbons (Fsp3) is 0.190. The average Bonchev–Trinajstić information content (AvgIpc) is 2.72. The largest absolute Gasteiger partial charge is 0.481 e. The van der Waals surface area contributed by atoms with Crippen molar-refractivity contribution in [3.63, 3.8) is 0 Å². The molecule has 3 amide bonds. The molecule has 3 aromatic rings. The molecule has 4 N–H and O–H groups in total. The number of nitrogens with one attached hydrogen (secondary N) is 3. The van der Waals surface area contributed by atoms with Crippen LogP contribution in [0.15, 0.2) is 55.1 Å². The molecule has 2 heterocycles. The van der Waals surface area contributed by atoms with Crippen molar-refractivity contribution in [2.75, 3.05) is 11.9 Å². The number of carbonyl (C=O) groups is 3. The van der Waals surface area contributed by atoms with Gasteiger partial charge in [-0.2, -0.15) is 0 Å². The zero-order chi connectivity index (χ0) is 21.5. The molecule has 0 aliphatic carbocycles. The molecule has 0 fully saturated rings. The Labute approximate surface area is 172 Å². The number of aliphatic carboxylic acids is 1. The lowest BCUT2D eigenvalue weighted by Gasteiger charge is -2.23. The molecular weight excluding hydrogens is 386 g/mol. The summed E-state index contributed by atoms with van der Waals surface area (Å²) < 4.78 is 0. The zero-order valence-electron chi connectivity index (χ0n) is 16.3. The topological polar surface area (TPSA) is 133 Å². The number of carboxylic acid groups (broad SMARTS) is 1. The van der Waals surface area contributed by atoms with Crippen molar-refractivity contribution in [2.45, 2.75) is 19.4 Å². The van der Waals surface area contributed by atoms with Gasteiger partial charge < -0.3 is 21.1 Å². The van der Waals surface area contributed by atoms with Gasteiger partial charge in [0.25, 0.3) is 0 Å². The molecule has 0 radical (unpaired) electrons. The van der Waals surface area contributed by atoms with Gasteiger partial charge in [-0.05, 0) is 30.0 Å². The molecule has 0 aliphatic rings. The van der Waals surface area contributed by atoms with Crippen LogP contribution in [0.3, 0.4) is 0 Å². The first-order chi connectivity index (χ1) is 14.5. The van der Waals surface area contributed by atoms with Crippen molar-refractivity contribution >= 4 is 34.4 Å². The number of urea groups is 1. The number of nitrogens with zero attached hydrogens (tertiary/aromatic N) is 2. The van der Waals surface area contributed by atoms with Crippen LogP contribution in [0, 0.1) is 0 Å². The van der Waals surface area contributed by atoms with E-state index in [2.05, 4.69) is 25.9 Å². The lowest BCUT2D eigenvalue weighted by molar-refractivity contribution is -0.140. The Hall–Kier alpha value is -4.01. The van der Waals surface area contributed by atoms with Gasteiger partial charge in [0.2, 0.25) is 5.91 Å². The van der Waals surface area contributed by atoms with Gasteiger partial charge in [0.15, 0.2) is 0 Å². The van der Waals surface area contributed by atoms with Crippen molar-refractivity contribution in [1.29, 1.82) is 0 Å². The summed E-state index contributed by atoms with van der Waals surface area (Å²) in [5.41, 5.74) is 1.67. The lowest BCUT2D eigenvalue weighted by atomic mass is 9.94. The number of hydrogen-bond acceptors (Lipinski definition) is 5. The Morgan fingerprint density at radius 2 is 1.80 bits per heavy atom. The predicted molar refractivity (Wildman–Crippen MR) is 111 cm³/mol. The van der Waals surface area contributed by atoms with Crippen LogP contribution in [-0.2, 0) is 9.59 Å². The highest BCUT2D eigenvalue weighted by molar-refractivity contribution is 5.95. The van der Waals surface area contributed by atoms with Crippen LogP contribution in [-0.4, -0.2) is 39.5 Å². The third kappa shape index (κ3) is 4.88. The first-order valence-corrected chi connectivity index (χ1v) is 9.32. The molecule has 0 saturated carbocycles. The van der Waals surface area contributed by atoms with E-state index in [9.17, 15) is 14.4 Å². The number of benzene rings is 1. The number of carbonyl (C=O) groups excluding carboxylic acids is 2. The molecule has 0 bridgehead atoms. The van der Waals surface area contributed by atoms with Gasteiger partial charge in [0.1, 0.15) is 6.42 Å². The summed E-state index contributed by atoms with van der Waals surface area (Å²) in [5.74, 6) is -1.89. The number of rotatable bonds is 7. The minimum Gasteiger partial charge on any atom is -0.481 e. The molecule has 9 nitrogen and oxygen atoms in total. The summed E-state index contributed by atoms with van der Waals surface area (Å²) in [7, 11) is 0. The highest BCUT2D eigenvalue weighted by Crippen LogP contribution is 2.32. The van der Waals surface area contributed by atoms with Gasteiger partial charge in [-0.1, -0.05) is 18.2 Å². The van der Waals surface area contributed by atoms with E-state index < -0.39 is 30.4 Å². The molecule has 9 heteroatoms. The monoisotopic (exact) mass is 407 g/mol. The van der Waals surface area contributed by atoms with E-state index in [1.807, 2.05) is 24.3 Å². The Morgan fingerprint density at radius 3 is 2.57 bits per heavy atom. The van der Waals surface area contributed by atoms with E-state index >= 15 is 0 Å². The van der Waals surface area contributed by atoms with Gasteiger partial charge >= 0.3 is 12.0 Å². The Balaban J connectivity index is 2.10. The van der Waals surface area contributed by atoms with Crippen LogP contribution in [0.25, 0.3) is 10.8 Å². The molecule has 0 aliphatic heterocycles. The Morgan fingerprint density at radius 1 is 1.03 bits per heavy atom. The van der Waals surface area contributed by atoms with E-state index in [-0.39, 0.29) is 0 Å². The van der Waals surface area contributed by atoms with Crippen LogP contribution in [0.2, 0.25) is 0 Å². The normalized spacial score (nSPS) is 11.5. The molecule has 2 aromatic heterocycles. The van der Waals surface area contributed by atoms with Crippen molar-refractivity contribution < 1.29 is 19.5 Å². The number of anilines is 1. The molecule has 1 aromatic carbocycles. The summed E-state index contributed by atoms with van der Waals surface area (Å²) in [6.45, 7) is 2.23. The number of carboxylic acids is 1. The fourth-order valence-electron chi connectivity index (χ4n) is 3.15. The quantitative estimate of drug-likeness (QED) is 0.445. The fourth-order valence-corrected chi connectivity index (χ4v) is 3.15. The molecule has 1 unspecified atom stereocenters. The van der Waals surface area contributed by atoms with Gasteiger partial charge in [0.05, 0.1) is 17.9 Å². The van der Waals surface area contributed by atoms with Crippen molar-refractivity contribution in [3.8, 4) is 0 Å². The summed E-state index contributed by atoms with van der Waals surface area (Å²) in [5, 5.41) is 18.8. The standard InChI is InChI=1S/C21H21N5O4/c1-2-24-21(30)25-17-12-23-9-7-15(17)20(26-18(27)10-19(28)29)14-5-3-4-13-6-8-22-11-16(13)14/h3-9,11-12,20H,2,10H2,1H3,(H,26,27)(H,28,29)(H2,24,25,30). The van der Waals surface area contributed by atoms with Crippen LogP contribution < -0.4 is 16.0 Å². The van der Waals surface area contributed by atoms with Gasteiger partial charge in [-0.3, -0.25) is 19.6 Å². The van der Waals surface area contributed by atoms with Crippen molar-refractivity contribution in [2.24, 2.45) is 0 Å². The SMILES string of the molecule is CCNC(=O)Nc1cnccc1C(NC(=O)CC(=O)O)c1cccc2ccncc12. The molecule has 154 valence electrons. The molecule has 0 spiro atoms. The van der Waals surface area contributed by atoms with Crippen LogP contribution in [0.1, 0.15) is 30.5 Å². The molecular formula is C21H21N5O4. The summed E-state index contributed by atoms with van der Waals surface area (Å²) >= 11 is 0.